The second-order valence-corrected chi connectivity index (χ2v) is 5.16. The van der Waals surface area contributed by atoms with Gasteiger partial charge in [-0.05, 0) is 24.1 Å². The van der Waals surface area contributed by atoms with Gasteiger partial charge in [-0.15, -0.1) is 0 Å². The molecule has 0 heterocycles. The first-order valence-corrected chi connectivity index (χ1v) is 7.50. The molecule has 0 spiro atoms. The monoisotopic (exact) mass is 312 g/mol. The maximum absolute atomic E-state index is 11.9. The van der Waals surface area contributed by atoms with Gasteiger partial charge in [0.25, 0.3) is 5.91 Å². The van der Waals surface area contributed by atoms with Crippen molar-refractivity contribution in [1.29, 1.82) is 0 Å². The second-order valence-electron chi connectivity index (χ2n) is 5.16. The fraction of sp³-hybridized carbons (Fsp3) is 0.222. The van der Waals surface area contributed by atoms with Crippen LogP contribution in [0.3, 0.4) is 0 Å². The van der Waals surface area contributed by atoms with E-state index in [0.717, 1.165) is 5.56 Å². The SMILES string of the molecule is O=C(NCCN[C@@H](Cc1ccccc1)C(=O)O)c1ccccc1. The highest BCUT2D eigenvalue weighted by Crippen LogP contribution is 2.03. The van der Waals surface area contributed by atoms with Crippen LogP contribution in [0.1, 0.15) is 15.9 Å². The number of carboxylic acids is 1. The van der Waals surface area contributed by atoms with Gasteiger partial charge < -0.3 is 15.7 Å². The molecule has 0 saturated heterocycles. The highest BCUT2D eigenvalue weighted by Gasteiger charge is 2.16. The zero-order valence-electron chi connectivity index (χ0n) is 12.7. The van der Waals surface area contributed by atoms with Crippen molar-refractivity contribution in [1.82, 2.24) is 10.6 Å². The molecule has 1 amide bonds. The van der Waals surface area contributed by atoms with E-state index >= 15 is 0 Å². The Labute approximate surface area is 135 Å². The maximum atomic E-state index is 11.9. The van der Waals surface area contributed by atoms with E-state index in [1.807, 2.05) is 36.4 Å². The van der Waals surface area contributed by atoms with Gasteiger partial charge in [0.15, 0.2) is 0 Å². The van der Waals surface area contributed by atoms with Gasteiger partial charge in [0, 0.05) is 18.7 Å². The number of carbonyl (C=O) groups is 2. The van der Waals surface area contributed by atoms with Crippen LogP contribution in [0.5, 0.6) is 0 Å². The van der Waals surface area contributed by atoms with Gasteiger partial charge in [-0.25, -0.2) is 0 Å². The predicted molar refractivity (Wildman–Crippen MR) is 88.3 cm³/mol. The number of hydrogen-bond donors (Lipinski definition) is 3. The summed E-state index contributed by atoms with van der Waals surface area (Å²) in [4.78, 5) is 23.2. The summed E-state index contributed by atoms with van der Waals surface area (Å²) in [6, 6.07) is 17.7. The maximum Gasteiger partial charge on any atom is 0.321 e. The van der Waals surface area contributed by atoms with Crippen LogP contribution in [0.4, 0.5) is 0 Å². The molecule has 2 rings (SSSR count). The predicted octanol–water partition coefficient (Wildman–Crippen LogP) is 1.70. The number of carboxylic acid groups (broad SMARTS) is 1. The Morgan fingerprint density at radius 3 is 2.13 bits per heavy atom. The quantitative estimate of drug-likeness (QED) is 0.648. The lowest BCUT2D eigenvalue weighted by molar-refractivity contribution is -0.139. The van der Waals surface area contributed by atoms with Crippen LogP contribution < -0.4 is 10.6 Å². The summed E-state index contributed by atoms with van der Waals surface area (Å²) in [6.07, 6.45) is 0.406. The number of aliphatic carboxylic acids is 1. The third-order valence-electron chi connectivity index (χ3n) is 3.42. The third-order valence-corrected chi connectivity index (χ3v) is 3.42. The van der Waals surface area contributed by atoms with E-state index in [0.29, 0.717) is 25.1 Å². The summed E-state index contributed by atoms with van der Waals surface area (Å²) in [5.41, 5.74) is 1.55. The first kappa shape index (κ1) is 16.7. The van der Waals surface area contributed by atoms with Crippen molar-refractivity contribution in [2.45, 2.75) is 12.5 Å². The molecule has 5 nitrogen and oxygen atoms in total. The van der Waals surface area contributed by atoms with Gasteiger partial charge in [0.2, 0.25) is 0 Å². The van der Waals surface area contributed by atoms with Crippen molar-refractivity contribution in [2.24, 2.45) is 0 Å². The first-order valence-electron chi connectivity index (χ1n) is 7.50. The number of rotatable bonds is 8. The van der Waals surface area contributed by atoms with E-state index < -0.39 is 12.0 Å². The summed E-state index contributed by atoms with van der Waals surface area (Å²) in [7, 11) is 0. The van der Waals surface area contributed by atoms with Crippen LogP contribution in [0.2, 0.25) is 0 Å². The van der Waals surface area contributed by atoms with Crippen molar-refractivity contribution < 1.29 is 14.7 Å². The number of hydrogen-bond acceptors (Lipinski definition) is 3. The minimum absolute atomic E-state index is 0.165. The lowest BCUT2D eigenvalue weighted by Crippen LogP contribution is -2.42. The highest BCUT2D eigenvalue weighted by molar-refractivity contribution is 5.94. The Morgan fingerprint density at radius 1 is 0.913 bits per heavy atom. The lowest BCUT2D eigenvalue weighted by Gasteiger charge is -2.15. The molecule has 2 aromatic rings. The summed E-state index contributed by atoms with van der Waals surface area (Å²) >= 11 is 0. The van der Waals surface area contributed by atoms with Crippen molar-refractivity contribution in [2.75, 3.05) is 13.1 Å². The van der Waals surface area contributed by atoms with Gasteiger partial charge in [-0.1, -0.05) is 48.5 Å². The molecule has 120 valence electrons. The van der Waals surface area contributed by atoms with Gasteiger partial charge >= 0.3 is 5.97 Å². The van der Waals surface area contributed by atoms with Crippen molar-refractivity contribution in [3.63, 3.8) is 0 Å². The molecular weight excluding hydrogens is 292 g/mol. The molecule has 0 bridgehead atoms. The van der Waals surface area contributed by atoms with Crippen LogP contribution in [-0.2, 0) is 11.2 Å². The summed E-state index contributed by atoms with van der Waals surface area (Å²) < 4.78 is 0. The Morgan fingerprint density at radius 2 is 1.52 bits per heavy atom. The van der Waals surface area contributed by atoms with E-state index in [1.165, 1.54) is 0 Å². The van der Waals surface area contributed by atoms with Crippen molar-refractivity contribution in [3.05, 3.63) is 71.8 Å². The van der Waals surface area contributed by atoms with Crippen LogP contribution in [0.15, 0.2) is 60.7 Å². The molecule has 23 heavy (non-hydrogen) atoms. The molecule has 0 aliphatic carbocycles. The minimum atomic E-state index is -0.900. The van der Waals surface area contributed by atoms with E-state index in [4.69, 9.17) is 0 Å². The van der Waals surface area contributed by atoms with Crippen LogP contribution in [0, 0.1) is 0 Å². The third kappa shape index (κ3) is 5.56. The van der Waals surface area contributed by atoms with Gasteiger partial charge in [0.1, 0.15) is 6.04 Å². The highest BCUT2D eigenvalue weighted by atomic mass is 16.4. The van der Waals surface area contributed by atoms with Gasteiger partial charge in [-0.2, -0.15) is 0 Å². The Balaban J connectivity index is 1.76. The topological polar surface area (TPSA) is 78.4 Å². The molecule has 0 unspecified atom stereocenters. The van der Waals surface area contributed by atoms with Gasteiger partial charge in [-0.3, -0.25) is 9.59 Å². The Kier molecular flexibility index (Phi) is 6.32. The first-order chi connectivity index (χ1) is 11.2. The molecule has 0 aromatic heterocycles. The molecule has 0 fully saturated rings. The van der Waals surface area contributed by atoms with Crippen molar-refractivity contribution >= 4 is 11.9 Å². The molecule has 0 saturated carbocycles. The largest absolute Gasteiger partial charge is 0.480 e. The number of benzene rings is 2. The molecule has 2 aromatic carbocycles. The molecule has 0 aliphatic rings. The zero-order valence-corrected chi connectivity index (χ0v) is 12.7. The number of carbonyl (C=O) groups excluding carboxylic acids is 1. The number of amides is 1. The average molecular weight is 312 g/mol. The second kappa shape index (κ2) is 8.70. The average Bonchev–Trinajstić information content (AvgIpc) is 2.59. The molecule has 1 atom stereocenters. The molecule has 0 aliphatic heterocycles. The van der Waals surface area contributed by atoms with Crippen LogP contribution in [-0.4, -0.2) is 36.1 Å². The summed E-state index contributed by atoms with van der Waals surface area (Å²) in [5.74, 6) is -1.06. The molecular formula is C18H20N2O3. The molecule has 3 N–H and O–H groups in total. The van der Waals surface area contributed by atoms with Crippen LogP contribution in [0.25, 0.3) is 0 Å². The van der Waals surface area contributed by atoms with Crippen molar-refractivity contribution in [3.8, 4) is 0 Å². The summed E-state index contributed by atoms with van der Waals surface area (Å²) in [5, 5.41) is 15.0. The van der Waals surface area contributed by atoms with E-state index in [2.05, 4.69) is 10.6 Å². The minimum Gasteiger partial charge on any atom is -0.480 e. The zero-order chi connectivity index (χ0) is 16.5. The van der Waals surface area contributed by atoms with E-state index in [-0.39, 0.29) is 5.91 Å². The molecule has 0 radical (unpaired) electrons. The van der Waals surface area contributed by atoms with E-state index in [1.54, 1.807) is 24.3 Å². The van der Waals surface area contributed by atoms with Crippen LogP contribution >= 0.6 is 0 Å². The standard InChI is InChI=1S/C18H20N2O3/c21-17(15-9-5-2-6-10-15)20-12-11-19-16(18(22)23)13-14-7-3-1-4-8-14/h1-10,16,19H,11-13H2,(H,20,21)(H,22,23)/t16-/m0/s1. The summed E-state index contributed by atoms with van der Waals surface area (Å²) in [6.45, 7) is 0.759. The molecule has 5 heteroatoms. The smallest absolute Gasteiger partial charge is 0.321 e. The Bertz CT molecular complexity index is 629. The van der Waals surface area contributed by atoms with E-state index in [9.17, 15) is 14.7 Å². The normalized spacial score (nSPS) is 11.7. The fourth-order valence-electron chi connectivity index (χ4n) is 2.21. The lowest BCUT2D eigenvalue weighted by atomic mass is 10.1. The number of nitrogens with one attached hydrogen (secondary N) is 2. The fourth-order valence-corrected chi connectivity index (χ4v) is 2.21. The van der Waals surface area contributed by atoms with Gasteiger partial charge in [0.05, 0.1) is 0 Å². The Hall–Kier alpha value is -2.66.